The Balaban J connectivity index is 0.000000164. The topological polar surface area (TPSA) is 170 Å². The van der Waals surface area contributed by atoms with Crippen LogP contribution in [0.25, 0.3) is 11.0 Å². The van der Waals surface area contributed by atoms with Crippen molar-refractivity contribution in [3.05, 3.63) is 133 Å². The predicted octanol–water partition coefficient (Wildman–Crippen LogP) is 4.60. The van der Waals surface area contributed by atoms with Crippen LogP contribution in [0.3, 0.4) is 0 Å². The summed E-state index contributed by atoms with van der Waals surface area (Å²) in [7, 11) is -8.04. The van der Waals surface area contributed by atoms with Crippen molar-refractivity contribution in [2.75, 3.05) is 0 Å². The van der Waals surface area contributed by atoms with E-state index in [2.05, 4.69) is 26.0 Å². The molecular formula is C29H28N6O6S2. The fourth-order valence-electron chi connectivity index (χ4n) is 3.89. The molecule has 0 radical (unpaired) electrons. The molecule has 3 aromatic heterocycles. The van der Waals surface area contributed by atoms with Gasteiger partial charge in [0.15, 0.2) is 0 Å². The van der Waals surface area contributed by atoms with Crippen LogP contribution >= 0.6 is 0 Å². The summed E-state index contributed by atoms with van der Waals surface area (Å²) in [5.74, 6) is 0. The minimum Gasteiger partial charge on any atom is -0.312 e. The second-order valence-corrected chi connectivity index (χ2v) is 12.1. The van der Waals surface area contributed by atoms with Crippen LogP contribution in [0.15, 0.2) is 126 Å². The number of fused-ring (bicyclic) bond motifs is 1. The number of rotatable bonds is 5. The van der Waals surface area contributed by atoms with Gasteiger partial charge >= 0.3 is 0 Å². The predicted molar refractivity (Wildman–Crippen MR) is 160 cm³/mol. The average Bonchev–Trinajstić information content (AvgIpc) is 3.69. The molecule has 43 heavy (non-hydrogen) atoms. The van der Waals surface area contributed by atoms with Gasteiger partial charge in [-0.1, -0.05) is 41.5 Å². The van der Waals surface area contributed by atoms with Crippen molar-refractivity contribution in [1.82, 2.24) is 29.1 Å². The third kappa shape index (κ3) is 8.62. The van der Waals surface area contributed by atoms with E-state index in [0.29, 0.717) is 0 Å². The summed E-state index contributed by atoms with van der Waals surface area (Å²) in [6.07, 6.45) is 14.4. The molecule has 0 aliphatic heterocycles. The van der Waals surface area contributed by atoms with E-state index in [1.54, 1.807) is 61.7 Å². The van der Waals surface area contributed by atoms with Gasteiger partial charge in [-0.25, -0.2) is 9.97 Å². The molecule has 0 saturated heterocycles. The van der Waals surface area contributed by atoms with Crippen LogP contribution in [0.4, 0.5) is 0 Å². The molecule has 0 fully saturated rings. The van der Waals surface area contributed by atoms with Crippen molar-refractivity contribution in [3.63, 3.8) is 0 Å². The number of hydrogen-bond acceptors (Lipinski definition) is 8. The van der Waals surface area contributed by atoms with Gasteiger partial charge in [0.25, 0.3) is 20.2 Å². The highest BCUT2D eigenvalue weighted by molar-refractivity contribution is 7.86. The number of nitrogens with zero attached hydrogens (tertiary/aromatic N) is 6. The number of imidazole rings is 2. The van der Waals surface area contributed by atoms with Gasteiger partial charge in [-0.2, -0.15) is 16.8 Å². The van der Waals surface area contributed by atoms with Crippen molar-refractivity contribution in [1.29, 1.82) is 0 Å². The van der Waals surface area contributed by atoms with Crippen LogP contribution in [0.1, 0.15) is 22.9 Å². The molecule has 6 rings (SSSR count). The molecule has 12 nitrogen and oxygen atoms in total. The second-order valence-electron chi connectivity index (χ2n) is 9.27. The molecule has 0 unspecified atom stereocenters. The summed E-state index contributed by atoms with van der Waals surface area (Å²) in [6.45, 7) is 3.68. The zero-order valence-electron chi connectivity index (χ0n) is 23.1. The Hall–Kier alpha value is -4.76. The zero-order chi connectivity index (χ0) is 31.0. The Morgan fingerprint density at radius 2 is 1.05 bits per heavy atom. The molecule has 0 amide bonds. The van der Waals surface area contributed by atoms with Crippen LogP contribution in [-0.4, -0.2) is 55.0 Å². The van der Waals surface area contributed by atoms with Crippen molar-refractivity contribution >= 4 is 31.3 Å². The van der Waals surface area contributed by atoms with Gasteiger partial charge in [0, 0.05) is 37.2 Å². The summed E-state index contributed by atoms with van der Waals surface area (Å²) < 4.78 is 63.2. The Labute approximate surface area is 248 Å². The molecule has 3 heterocycles. The molecule has 0 aliphatic rings. The smallest absolute Gasteiger partial charge is 0.294 e. The third-order valence-electron chi connectivity index (χ3n) is 6.04. The van der Waals surface area contributed by atoms with Crippen LogP contribution in [0.2, 0.25) is 0 Å². The maximum absolute atomic E-state index is 10.5. The molecule has 0 spiro atoms. The van der Waals surface area contributed by atoms with Gasteiger partial charge in [0.2, 0.25) is 0 Å². The fraction of sp³-hybridized carbons (Fsp3) is 0.103. The van der Waals surface area contributed by atoms with Gasteiger partial charge in [0.1, 0.15) is 6.17 Å². The standard InChI is InChI=1S/C15H12N6.2C7H8O3S/c1-2-13-14(19-4-3-18-13)9-12(1)15(20-7-5-16-10-20)21-8-6-17-11-21;2*1-6-2-4-7(5-3-6)11(8,9)10/h1-11,15H;2*2-5H,1H3,(H,8,9,10). The first-order valence-electron chi connectivity index (χ1n) is 12.7. The van der Waals surface area contributed by atoms with Crippen molar-refractivity contribution in [3.8, 4) is 0 Å². The van der Waals surface area contributed by atoms with Crippen LogP contribution < -0.4 is 0 Å². The van der Waals surface area contributed by atoms with Crippen LogP contribution in [0.5, 0.6) is 0 Å². The highest BCUT2D eigenvalue weighted by Crippen LogP contribution is 2.23. The van der Waals surface area contributed by atoms with Gasteiger partial charge in [-0.05, 0) is 55.8 Å². The van der Waals surface area contributed by atoms with Crippen LogP contribution in [-0.2, 0) is 20.2 Å². The molecule has 6 aromatic rings. The van der Waals surface area contributed by atoms with Crippen molar-refractivity contribution < 1.29 is 25.9 Å². The normalized spacial score (nSPS) is 11.4. The molecule has 0 saturated carbocycles. The molecule has 3 aromatic carbocycles. The highest BCUT2D eigenvalue weighted by Gasteiger charge is 2.15. The van der Waals surface area contributed by atoms with E-state index in [0.717, 1.165) is 27.7 Å². The van der Waals surface area contributed by atoms with E-state index in [9.17, 15) is 16.8 Å². The molecular weight excluding hydrogens is 592 g/mol. The highest BCUT2D eigenvalue weighted by atomic mass is 32.2. The van der Waals surface area contributed by atoms with E-state index >= 15 is 0 Å². The molecule has 2 N–H and O–H groups in total. The summed E-state index contributed by atoms with van der Waals surface area (Å²) in [6, 6.07) is 18.1. The fourth-order valence-corrected chi connectivity index (χ4v) is 4.85. The monoisotopic (exact) mass is 620 g/mol. The SMILES string of the molecule is Cc1ccc(S(=O)(=O)O)cc1.Cc1ccc(S(=O)(=O)O)cc1.c1cn(C(c2ccc3nccnc3c2)n2ccnc2)cn1. The molecule has 0 aliphatic carbocycles. The summed E-state index contributed by atoms with van der Waals surface area (Å²) in [5, 5.41) is 0. The largest absolute Gasteiger partial charge is 0.312 e. The molecule has 0 bridgehead atoms. The first-order valence-corrected chi connectivity index (χ1v) is 15.5. The third-order valence-corrected chi connectivity index (χ3v) is 7.78. The molecule has 14 heteroatoms. The van der Waals surface area contributed by atoms with Crippen molar-refractivity contribution in [2.45, 2.75) is 29.8 Å². The average molecular weight is 621 g/mol. The minimum absolute atomic E-state index is 0.0404. The summed E-state index contributed by atoms with van der Waals surface area (Å²) in [4.78, 5) is 16.8. The Kier molecular flexibility index (Phi) is 9.77. The lowest BCUT2D eigenvalue weighted by atomic mass is 10.1. The number of aryl methyl sites for hydroxylation is 2. The second kappa shape index (κ2) is 13.5. The quantitative estimate of drug-likeness (QED) is 0.260. The first kappa shape index (κ1) is 31.2. The van der Waals surface area contributed by atoms with Gasteiger partial charge in [-0.3, -0.25) is 19.1 Å². The van der Waals surface area contributed by atoms with E-state index in [-0.39, 0.29) is 16.0 Å². The lowest BCUT2D eigenvalue weighted by Crippen LogP contribution is -2.17. The van der Waals surface area contributed by atoms with Crippen molar-refractivity contribution in [2.24, 2.45) is 0 Å². The Morgan fingerprint density at radius 1 is 0.605 bits per heavy atom. The lowest BCUT2D eigenvalue weighted by molar-refractivity contribution is 0.481. The lowest BCUT2D eigenvalue weighted by Gasteiger charge is -2.20. The van der Waals surface area contributed by atoms with E-state index in [4.69, 9.17) is 9.11 Å². The first-order chi connectivity index (χ1) is 20.4. The Bertz CT molecular complexity index is 1870. The number of aromatic nitrogens is 6. The summed E-state index contributed by atoms with van der Waals surface area (Å²) >= 11 is 0. The molecule has 0 atom stereocenters. The van der Waals surface area contributed by atoms with Gasteiger partial charge in [-0.15, -0.1) is 0 Å². The zero-order valence-corrected chi connectivity index (χ0v) is 24.7. The molecule has 222 valence electrons. The van der Waals surface area contributed by atoms with Gasteiger partial charge < -0.3 is 9.13 Å². The minimum atomic E-state index is -4.02. The van der Waals surface area contributed by atoms with Gasteiger partial charge in [0.05, 0.1) is 33.5 Å². The number of hydrogen-bond donors (Lipinski definition) is 2. The van der Waals surface area contributed by atoms with Crippen LogP contribution in [0, 0.1) is 13.8 Å². The summed E-state index contributed by atoms with van der Waals surface area (Å²) in [5.41, 5.74) is 4.77. The maximum atomic E-state index is 10.5. The van der Waals surface area contributed by atoms with E-state index in [1.165, 1.54) is 24.3 Å². The van der Waals surface area contributed by atoms with E-state index < -0.39 is 20.2 Å². The Morgan fingerprint density at radius 3 is 1.44 bits per heavy atom. The van der Waals surface area contributed by atoms with E-state index in [1.807, 2.05) is 47.5 Å². The maximum Gasteiger partial charge on any atom is 0.294 e. The number of benzene rings is 3.